The highest BCUT2D eigenvalue weighted by Gasteiger charge is 2.21. The van der Waals surface area contributed by atoms with E-state index in [0.717, 1.165) is 11.1 Å². The van der Waals surface area contributed by atoms with Crippen molar-refractivity contribution in [1.29, 1.82) is 0 Å². The van der Waals surface area contributed by atoms with Crippen molar-refractivity contribution in [3.05, 3.63) is 59.7 Å². The van der Waals surface area contributed by atoms with Crippen LogP contribution in [0.5, 0.6) is 5.75 Å². The third-order valence-corrected chi connectivity index (χ3v) is 6.12. The summed E-state index contributed by atoms with van der Waals surface area (Å²) < 4.78 is 37.9. The standard InChI is InChI=1S/C24H32N2O6S/c1-5-31-20-10-12-21(13-11-20)33(29,30)25-15-14-23(27)26-22(16-24(28)32-17(2)3)19-8-6-18(4)7-9-19/h6-13,17,22,25H,5,14-16H2,1-4H3,(H,26,27). The van der Waals surface area contributed by atoms with Crippen molar-refractivity contribution in [3.8, 4) is 5.75 Å². The molecule has 0 aliphatic heterocycles. The predicted molar refractivity (Wildman–Crippen MR) is 125 cm³/mol. The summed E-state index contributed by atoms with van der Waals surface area (Å²) in [5.41, 5.74) is 1.82. The summed E-state index contributed by atoms with van der Waals surface area (Å²) in [6.45, 7) is 7.70. The number of ether oxygens (including phenoxy) is 2. The first-order valence-corrected chi connectivity index (χ1v) is 12.4. The lowest BCUT2D eigenvalue weighted by Gasteiger charge is -2.20. The molecule has 1 amide bonds. The van der Waals surface area contributed by atoms with Crippen LogP contribution in [0.1, 0.15) is 50.8 Å². The Labute approximate surface area is 195 Å². The first-order valence-electron chi connectivity index (χ1n) is 10.9. The van der Waals surface area contributed by atoms with Crippen molar-refractivity contribution >= 4 is 21.9 Å². The molecule has 0 radical (unpaired) electrons. The molecule has 0 aromatic heterocycles. The molecule has 0 heterocycles. The van der Waals surface area contributed by atoms with Gasteiger partial charge in [-0.25, -0.2) is 13.1 Å². The third-order valence-electron chi connectivity index (χ3n) is 4.64. The van der Waals surface area contributed by atoms with Gasteiger partial charge in [0.05, 0.1) is 30.1 Å². The van der Waals surface area contributed by atoms with Gasteiger partial charge in [0.15, 0.2) is 0 Å². The van der Waals surface area contributed by atoms with Gasteiger partial charge < -0.3 is 14.8 Å². The van der Waals surface area contributed by atoms with Gasteiger partial charge >= 0.3 is 5.97 Å². The molecule has 2 aromatic carbocycles. The highest BCUT2D eigenvalue weighted by Crippen LogP contribution is 2.19. The molecular formula is C24H32N2O6S. The molecule has 180 valence electrons. The highest BCUT2D eigenvalue weighted by molar-refractivity contribution is 7.89. The van der Waals surface area contributed by atoms with Crippen molar-refractivity contribution in [1.82, 2.24) is 10.0 Å². The average Bonchev–Trinajstić information content (AvgIpc) is 2.74. The number of rotatable bonds is 12. The molecule has 8 nitrogen and oxygen atoms in total. The van der Waals surface area contributed by atoms with E-state index in [1.165, 1.54) is 12.1 Å². The molecule has 0 fully saturated rings. The van der Waals surface area contributed by atoms with Crippen molar-refractivity contribution in [2.24, 2.45) is 0 Å². The van der Waals surface area contributed by atoms with Gasteiger partial charge in [-0.3, -0.25) is 9.59 Å². The van der Waals surface area contributed by atoms with E-state index in [1.54, 1.807) is 26.0 Å². The van der Waals surface area contributed by atoms with E-state index in [2.05, 4.69) is 10.0 Å². The summed E-state index contributed by atoms with van der Waals surface area (Å²) in [5, 5.41) is 2.81. The molecule has 0 aliphatic rings. The Balaban J connectivity index is 1.96. The second-order valence-corrected chi connectivity index (χ2v) is 9.59. The fourth-order valence-electron chi connectivity index (χ4n) is 3.06. The minimum Gasteiger partial charge on any atom is -0.494 e. The topological polar surface area (TPSA) is 111 Å². The summed E-state index contributed by atoms with van der Waals surface area (Å²) in [6.07, 6.45) is -0.369. The number of aryl methyl sites for hydroxylation is 1. The molecule has 1 atom stereocenters. The van der Waals surface area contributed by atoms with Crippen molar-refractivity contribution in [3.63, 3.8) is 0 Å². The zero-order chi connectivity index (χ0) is 24.4. The lowest BCUT2D eigenvalue weighted by Crippen LogP contribution is -2.34. The molecular weight excluding hydrogens is 444 g/mol. The van der Waals surface area contributed by atoms with Crippen LogP contribution in [0.4, 0.5) is 0 Å². The molecule has 1 unspecified atom stereocenters. The van der Waals surface area contributed by atoms with Gasteiger partial charge in [-0.2, -0.15) is 0 Å². The monoisotopic (exact) mass is 476 g/mol. The summed E-state index contributed by atoms with van der Waals surface area (Å²) in [4.78, 5) is 24.8. The normalized spacial score (nSPS) is 12.3. The number of hydrogen-bond donors (Lipinski definition) is 2. The van der Waals surface area contributed by atoms with Crippen LogP contribution in [0.15, 0.2) is 53.4 Å². The smallest absolute Gasteiger partial charge is 0.308 e. The molecule has 9 heteroatoms. The first kappa shape index (κ1) is 26.3. The zero-order valence-electron chi connectivity index (χ0n) is 19.5. The number of nitrogens with one attached hydrogen (secondary N) is 2. The number of esters is 1. The number of hydrogen-bond acceptors (Lipinski definition) is 6. The number of carbonyl (C=O) groups is 2. The molecule has 2 N–H and O–H groups in total. The lowest BCUT2D eigenvalue weighted by molar-refractivity contribution is -0.148. The van der Waals surface area contributed by atoms with Crippen LogP contribution in [0.25, 0.3) is 0 Å². The largest absolute Gasteiger partial charge is 0.494 e. The number of benzene rings is 2. The quantitative estimate of drug-likeness (QED) is 0.455. The van der Waals surface area contributed by atoms with Crippen molar-refractivity contribution in [2.45, 2.75) is 57.6 Å². The third kappa shape index (κ3) is 8.86. The second kappa shape index (κ2) is 12.4. The fraction of sp³-hybridized carbons (Fsp3) is 0.417. The molecule has 33 heavy (non-hydrogen) atoms. The minimum atomic E-state index is -3.77. The van der Waals surface area contributed by atoms with Gasteiger partial charge in [-0.1, -0.05) is 29.8 Å². The van der Waals surface area contributed by atoms with Crippen molar-refractivity contribution in [2.75, 3.05) is 13.2 Å². The number of sulfonamides is 1. The molecule has 0 saturated carbocycles. The van der Waals surface area contributed by atoms with Gasteiger partial charge in [0.25, 0.3) is 0 Å². The summed E-state index contributed by atoms with van der Waals surface area (Å²) >= 11 is 0. The number of carbonyl (C=O) groups excluding carboxylic acids is 2. The van der Waals surface area contributed by atoms with Crippen LogP contribution in [-0.2, 0) is 24.3 Å². The maximum atomic E-state index is 12.5. The predicted octanol–water partition coefficient (Wildman–Crippen LogP) is 3.26. The van der Waals surface area contributed by atoms with Gasteiger partial charge in [-0.05, 0) is 57.5 Å². The summed E-state index contributed by atoms with van der Waals surface area (Å²) in [6, 6.07) is 12.9. The molecule has 2 aromatic rings. The second-order valence-electron chi connectivity index (χ2n) is 7.83. The summed E-state index contributed by atoms with van der Waals surface area (Å²) in [7, 11) is -3.77. The minimum absolute atomic E-state index is 0.0229. The molecule has 0 aliphatic carbocycles. The van der Waals surface area contributed by atoms with E-state index in [4.69, 9.17) is 9.47 Å². The first-order chi connectivity index (χ1) is 15.6. The highest BCUT2D eigenvalue weighted by atomic mass is 32.2. The van der Waals surface area contributed by atoms with Crippen LogP contribution < -0.4 is 14.8 Å². The van der Waals surface area contributed by atoms with E-state index < -0.39 is 22.0 Å². The van der Waals surface area contributed by atoms with Crippen LogP contribution in [0, 0.1) is 6.92 Å². The van der Waals surface area contributed by atoms with E-state index in [9.17, 15) is 18.0 Å². The zero-order valence-corrected chi connectivity index (χ0v) is 20.3. The lowest BCUT2D eigenvalue weighted by atomic mass is 10.0. The maximum Gasteiger partial charge on any atom is 0.308 e. The van der Waals surface area contributed by atoms with Gasteiger partial charge in [0.2, 0.25) is 15.9 Å². The van der Waals surface area contributed by atoms with Gasteiger partial charge in [0.1, 0.15) is 5.75 Å². The van der Waals surface area contributed by atoms with E-state index in [-0.39, 0.29) is 36.3 Å². The maximum absolute atomic E-state index is 12.5. The van der Waals surface area contributed by atoms with Crippen LogP contribution in [0.2, 0.25) is 0 Å². The van der Waals surface area contributed by atoms with E-state index in [1.807, 2.05) is 38.1 Å². The van der Waals surface area contributed by atoms with Crippen LogP contribution in [0.3, 0.4) is 0 Å². The average molecular weight is 477 g/mol. The molecule has 0 bridgehead atoms. The van der Waals surface area contributed by atoms with Crippen LogP contribution >= 0.6 is 0 Å². The van der Waals surface area contributed by atoms with Crippen LogP contribution in [-0.4, -0.2) is 39.5 Å². The number of amides is 1. The summed E-state index contributed by atoms with van der Waals surface area (Å²) in [5.74, 6) is -0.228. The Bertz CT molecular complexity index is 1020. The Morgan fingerprint density at radius 1 is 1.00 bits per heavy atom. The Morgan fingerprint density at radius 2 is 1.64 bits per heavy atom. The van der Waals surface area contributed by atoms with Gasteiger partial charge in [0, 0.05) is 13.0 Å². The molecule has 0 spiro atoms. The van der Waals surface area contributed by atoms with E-state index in [0.29, 0.717) is 12.4 Å². The Kier molecular flexibility index (Phi) is 9.87. The Morgan fingerprint density at radius 3 is 2.21 bits per heavy atom. The van der Waals surface area contributed by atoms with E-state index >= 15 is 0 Å². The fourth-order valence-corrected chi connectivity index (χ4v) is 4.09. The Hall–Kier alpha value is -2.91. The van der Waals surface area contributed by atoms with Crippen molar-refractivity contribution < 1.29 is 27.5 Å². The molecule has 0 saturated heterocycles. The van der Waals surface area contributed by atoms with Gasteiger partial charge in [-0.15, -0.1) is 0 Å². The molecule has 2 rings (SSSR count). The SMILES string of the molecule is CCOc1ccc(S(=O)(=O)NCCC(=O)NC(CC(=O)OC(C)C)c2ccc(C)cc2)cc1.